The van der Waals surface area contributed by atoms with Crippen LogP contribution in [0.5, 0.6) is 0 Å². The predicted molar refractivity (Wildman–Crippen MR) is 75.9 cm³/mol. The van der Waals surface area contributed by atoms with Crippen LogP contribution in [-0.4, -0.2) is 27.6 Å². The van der Waals surface area contributed by atoms with Crippen LogP contribution in [0.15, 0.2) is 10.8 Å². The molecule has 0 unspecified atom stereocenters. The first-order valence-electron chi connectivity index (χ1n) is 6.81. The van der Waals surface area contributed by atoms with E-state index >= 15 is 0 Å². The smallest absolute Gasteiger partial charge is 0.157 e. The molecule has 1 heterocycles. The lowest BCUT2D eigenvalue weighted by Gasteiger charge is -2.24. The van der Waals surface area contributed by atoms with Crippen molar-refractivity contribution in [1.82, 2.24) is 0 Å². The molecule has 1 saturated heterocycles. The second-order valence-corrected chi connectivity index (χ2v) is 11.3. The SMILES string of the molecule is C/C(CCO[C@@H]1CCCCO1)=C(/C)[Si](C)(C)C. The molecule has 0 aromatic carbocycles. The Morgan fingerprint density at radius 1 is 1.24 bits per heavy atom. The molecule has 1 aliphatic rings. The highest BCUT2D eigenvalue weighted by Crippen LogP contribution is 2.20. The maximum atomic E-state index is 5.78. The van der Waals surface area contributed by atoms with E-state index < -0.39 is 8.07 Å². The summed E-state index contributed by atoms with van der Waals surface area (Å²) in [6, 6.07) is 0. The van der Waals surface area contributed by atoms with Gasteiger partial charge in [0, 0.05) is 6.61 Å². The molecule has 17 heavy (non-hydrogen) atoms. The van der Waals surface area contributed by atoms with E-state index in [4.69, 9.17) is 9.47 Å². The van der Waals surface area contributed by atoms with Gasteiger partial charge in [-0.3, -0.25) is 0 Å². The Bertz CT molecular complexity index is 260. The Kier molecular flexibility index (Phi) is 5.90. The monoisotopic (exact) mass is 256 g/mol. The van der Waals surface area contributed by atoms with Gasteiger partial charge in [0.15, 0.2) is 6.29 Å². The van der Waals surface area contributed by atoms with Crippen molar-refractivity contribution in [3.63, 3.8) is 0 Å². The minimum absolute atomic E-state index is 0.0590. The van der Waals surface area contributed by atoms with Crippen LogP contribution in [0.2, 0.25) is 19.6 Å². The Balaban J connectivity index is 2.30. The molecule has 0 amide bonds. The van der Waals surface area contributed by atoms with Crippen molar-refractivity contribution < 1.29 is 9.47 Å². The molecule has 0 N–H and O–H groups in total. The fraction of sp³-hybridized carbons (Fsp3) is 0.857. The van der Waals surface area contributed by atoms with Gasteiger partial charge < -0.3 is 9.47 Å². The zero-order valence-corrected chi connectivity index (χ0v) is 13.1. The van der Waals surface area contributed by atoms with Gasteiger partial charge in [-0.25, -0.2) is 0 Å². The minimum atomic E-state index is -1.12. The average molecular weight is 256 g/mol. The maximum absolute atomic E-state index is 5.78. The molecule has 100 valence electrons. The topological polar surface area (TPSA) is 18.5 Å². The molecular weight excluding hydrogens is 228 g/mol. The van der Waals surface area contributed by atoms with Gasteiger partial charge in [0.1, 0.15) is 0 Å². The zero-order chi connectivity index (χ0) is 12.9. The van der Waals surface area contributed by atoms with Crippen molar-refractivity contribution in [3.05, 3.63) is 10.8 Å². The van der Waals surface area contributed by atoms with Crippen LogP contribution in [-0.2, 0) is 9.47 Å². The predicted octanol–water partition coefficient (Wildman–Crippen LogP) is 4.13. The molecule has 0 radical (unpaired) electrons. The first-order valence-corrected chi connectivity index (χ1v) is 10.3. The zero-order valence-electron chi connectivity index (χ0n) is 12.1. The van der Waals surface area contributed by atoms with E-state index in [9.17, 15) is 0 Å². The fourth-order valence-electron chi connectivity index (χ4n) is 2.01. The summed E-state index contributed by atoms with van der Waals surface area (Å²) in [5.41, 5.74) is 1.51. The third kappa shape index (κ3) is 5.36. The lowest BCUT2D eigenvalue weighted by Crippen LogP contribution is -2.25. The number of hydrogen-bond acceptors (Lipinski definition) is 2. The van der Waals surface area contributed by atoms with Crippen LogP contribution in [0.4, 0.5) is 0 Å². The second-order valence-electron chi connectivity index (χ2n) is 6.07. The van der Waals surface area contributed by atoms with Crippen LogP contribution in [0, 0.1) is 0 Å². The summed E-state index contributed by atoms with van der Waals surface area (Å²) < 4.78 is 11.3. The first-order chi connectivity index (χ1) is 7.91. The molecule has 2 nitrogen and oxygen atoms in total. The van der Waals surface area contributed by atoms with Gasteiger partial charge in [-0.2, -0.15) is 0 Å². The van der Waals surface area contributed by atoms with Crippen LogP contribution in [0.3, 0.4) is 0 Å². The Morgan fingerprint density at radius 3 is 2.47 bits per heavy atom. The molecule has 1 rings (SSSR count). The van der Waals surface area contributed by atoms with E-state index in [-0.39, 0.29) is 6.29 Å². The van der Waals surface area contributed by atoms with Gasteiger partial charge in [0.25, 0.3) is 0 Å². The van der Waals surface area contributed by atoms with Gasteiger partial charge in [-0.15, -0.1) is 0 Å². The third-order valence-corrected chi connectivity index (χ3v) is 6.36. The van der Waals surface area contributed by atoms with Crippen LogP contribution in [0.25, 0.3) is 0 Å². The van der Waals surface area contributed by atoms with Crippen LogP contribution >= 0.6 is 0 Å². The fourth-order valence-corrected chi connectivity index (χ4v) is 3.42. The Labute approximate surface area is 107 Å². The van der Waals surface area contributed by atoms with Gasteiger partial charge in [-0.05, 0) is 39.5 Å². The lowest BCUT2D eigenvalue weighted by molar-refractivity contribution is -0.161. The summed E-state index contributed by atoms with van der Waals surface area (Å²) in [6.45, 7) is 13.4. The van der Waals surface area contributed by atoms with Gasteiger partial charge in [0.05, 0.1) is 14.7 Å². The number of hydrogen-bond donors (Lipinski definition) is 0. The molecule has 0 spiro atoms. The quantitative estimate of drug-likeness (QED) is 0.689. The minimum Gasteiger partial charge on any atom is -0.353 e. The lowest BCUT2D eigenvalue weighted by atomic mass is 10.2. The van der Waals surface area contributed by atoms with E-state index in [2.05, 4.69) is 33.5 Å². The molecule has 1 aliphatic heterocycles. The average Bonchev–Trinajstić information content (AvgIpc) is 2.28. The number of ether oxygens (including phenoxy) is 2. The largest absolute Gasteiger partial charge is 0.353 e. The highest BCUT2D eigenvalue weighted by molar-refractivity contribution is 6.83. The van der Waals surface area contributed by atoms with Crippen LogP contribution < -0.4 is 0 Å². The van der Waals surface area contributed by atoms with Crippen molar-refractivity contribution in [2.24, 2.45) is 0 Å². The molecule has 0 aromatic heterocycles. The van der Waals surface area contributed by atoms with Crippen LogP contribution in [0.1, 0.15) is 39.5 Å². The maximum Gasteiger partial charge on any atom is 0.157 e. The normalized spacial score (nSPS) is 23.5. The van der Waals surface area contributed by atoms with Gasteiger partial charge in [0.2, 0.25) is 0 Å². The van der Waals surface area contributed by atoms with Crippen molar-refractivity contribution in [3.8, 4) is 0 Å². The Morgan fingerprint density at radius 2 is 1.94 bits per heavy atom. The molecule has 3 heteroatoms. The molecule has 0 saturated carbocycles. The molecular formula is C14H28O2Si. The molecule has 1 fully saturated rings. The summed E-state index contributed by atoms with van der Waals surface area (Å²) in [5.74, 6) is 0. The standard InChI is InChI=1S/C14H28O2Si/c1-12(13(2)17(3,4)5)9-11-16-14-8-6-7-10-15-14/h14H,6-11H2,1-5H3/b13-12+/t14-/m1/s1. The van der Waals surface area contributed by atoms with E-state index in [0.717, 1.165) is 26.1 Å². The number of allylic oxidation sites excluding steroid dienone is 1. The van der Waals surface area contributed by atoms with E-state index in [1.807, 2.05) is 0 Å². The summed E-state index contributed by atoms with van der Waals surface area (Å²) >= 11 is 0. The summed E-state index contributed by atoms with van der Waals surface area (Å²) in [5, 5.41) is 1.62. The van der Waals surface area contributed by atoms with Crippen molar-refractivity contribution >= 4 is 8.07 Å². The summed E-state index contributed by atoms with van der Waals surface area (Å²) in [7, 11) is -1.12. The van der Waals surface area contributed by atoms with E-state index in [1.54, 1.807) is 5.20 Å². The highest BCUT2D eigenvalue weighted by Gasteiger charge is 2.18. The molecule has 0 bridgehead atoms. The van der Waals surface area contributed by atoms with Gasteiger partial charge >= 0.3 is 0 Å². The molecule has 0 aliphatic carbocycles. The van der Waals surface area contributed by atoms with E-state index in [0.29, 0.717) is 0 Å². The van der Waals surface area contributed by atoms with E-state index in [1.165, 1.54) is 18.4 Å². The van der Waals surface area contributed by atoms with Crippen molar-refractivity contribution in [2.75, 3.05) is 13.2 Å². The Hall–Kier alpha value is -0.123. The van der Waals surface area contributed by atoms with Crippen molar-refractivity contribution in [1.29, 1.82) is 0 Å². The molecule has 1 atom stereocenters. The highest BCUT2D eigenvalue weighted by atomic mass is 28.3. The summed E-state index contributed by atoms with van der Waals surface area (Å²) in [6.07, 6.45) is 4.61. The van der Waals surface area contributed by atoms with Crippen molar-refractivity contribution in [2.45, 2.75) is 65.5 Å². The van der Waals surface area contributed by atoms with Gasteiger partial charge in [-0.1, -0.05) is 30.4 Å². The number of rotatable bonds is 5. The third-order valence-electron chi connectivity index (χ3n) is 3.68. The second kappa shape index (κ2) is 6.71. The molecule has 0 aromatic rings. The summed E-state index contributed by atoms with van der Waals surface area (Å²) in [4.78, 5) is 0. The first kappa shape index (κ1) is 14.9.